The molecular formula is C36H45F2N3O4. The second-order valence-electron chi connectivity index (χ2n) is 13.9. The van der Waals surface area contributed by atoms with Gasteiger partial charge in [0.05, 0.1) is 12.5 Å². The van der Waals surface area contributed by atoms with E-state index in [0.29, 0.717) is 31.4 Å². The van der Waals surface area contributed by atoms with E-state index in [1.165, 1.54) is 6.07 Å². The smallest absolute Gasteiger partial charge is 0.305 e. The van der Waals surface area contributed by atoms with E-state index in [1.54, 1.807) is 17.0 Å². The maximum Gasteiger partial charge on any atom is 0.305 e. The molecule has 2 saturated heterocycles. The van der Waals surface area contributed by atoms with Gasteiger partial charge in [-0.3, -0.25) is 14.4 Å². The molecule has 7 nitrogen and oxygen atoms in total. The zero-order valence-corrected chi connectivity index (χ0v) is 26.2. The third-order valence-electron chi connectivity index (χ3n) is 10.5. The van der Waals surface area contributed by atoms with Crippen molar-refractivity contribution >= 4 is 17.8 Å². The van der Waals surface area contributed by atoms with Gasteiger partial charge in [0, 0.05) is 18.5 Å². The number of rotatable bonds is 4. The van der Waals surface area contributed by atoms with Crippen molar-refractivity contribution in [3.8, 4) is 11.1 Å². The molecule has 0 aromatic heterocycles. The SMILES string of the molecule is Cc1cc(F)cc2c1-c1cc(C3CC3)c(F)c(c1)[C@H](CC(=O)O)NC(=O)[C@@H](N1CC3(CCNCC3)CC1=O)CCCCCCC2. The number of nitrogens with zero attached hydrogens (tertiary/aromatic N) is 1. The molecule has 3 N–H and O–H groups in total. The van der Waals surface area contributed by atoms with Crippen molar-refractivity contribution in [2.24, 2.45) is 5.41 Å². The minimum absolute atomic E-state index is 0.0239. The predicted octanol–water partition coefficient (Wildman–Crippen LogP) is 6.32. The molecule has 0 radical (unpaired) electrons. The number of benzene rings is 2. The Labute approximate surface area is 264 Å². The van der Waals surface area contributed by atoms with E-state index in [1.807, 2.05) is 13.0 Å². The van der Waals surface area contributed by atoms with Crippen LogP contribution in [-0.2, 0) is 20.8 Å². The molecule has 4 aliphatic rings. The van der Waals surface area contributed by atoms with Crippen LogP contribution in [0, 0.1) is 24.0 Å². The van der Waals surface area contributed by atoms with Crippen LogP contribution in [0.2, 0.25) is 0 Å². The van der Waals surface area contributed by atoms with Crippen LogP contribution in [0.1, 0.15) is 111 Å². The first-order chi connectivity index (χ1) is 21.6. The molecule has 2 aromatic rings. The first-order valence-electron chi connectivity index (χ1n) is 16.8. The van der Waals surface area contributed by atoms with Crippen molar-refractivity contribution in [2.45, 2.75) is 108 Å². The average Bonchev–Trinajstić information content (AvgIpc) is 3.78. The summed E-state index contributed by atoms with van der Waals surface area (Å²) in [6.45, 7) is 4.04. The molecule has 0 unspecified atom stereocenters. The molecule has 3 heterocycles. The normalized spacial score (nSPS) is 24.4. The Morgan fingerprint density at radius 1 is 0.978 bits per heavy atom. The number of amides is 2. The Balaban J connectivity index is 1.42. The summed E-state index contributed by atoms with van der Waals surface area (Å²) in [5.41, 5.74) is 3.66. The zero-order chi connectivity index (χ0) is 31.7. The highest BCUT2D eigenvalue weighted by Crippen LogP contribution is 2.46. The summed E-state index contributed by atoms with van der Waals surface area (Å²) in [6, 6.07) is 4.68. The molecule has 3 aliphatic heterocycles. The molecular weight excluding hydrogens is 576 g/mol. The molecule has 45 heavy (non-hydrogen) atoms. The monoisotopic (exact) mass is 621 g/mol. The third kappa shape index (κ3) is 6.93. The number of carbonyl (C=O) groups excluding carboxylic acids is 2. The summed E-state index contributed by atoms with van der Waals surface area (Å²) in [6.07, 6.45) is 8.87. The van der Waals surface area contributed by atoms with Gasteiger partial charge in [0.1, 0.15) is 17.7 Å². The molecule has 6 rings (SSSR count). The number of carboxylic acid groups (broad SMARTS) is 1. The molecule has 1 spiro atoms. The Morgan fingerprint density at radius 2 is 1.69 bits per heavy atom. The van der Waals surface area contributed by atoms with Crippen molar-refractivity contribution in [1.29, 1.82) is 0 Å². The topological polar surface area (TPSA) is 98.7 Å². The van der Waals surface area contributed by atoms with Crippen molar-refractivity contribution in [3.63, 3.8) is 0 Å². The van der Waals surface area contributed by atoms with Crippen molar-refractivity contribution < 1.29 is 28.3 Å². The Bertz CT molecular complexity index is 1470. The fraction of sp³-hybridized carbons (Fsp3) is 0.583. The van der Waals surface area contributed by atoms with Crippen molar-refractivity contribution in [3.05, 3.63) is 58.2 Å². The number of likely N-dealkylation sites (tertiary alicyclic amines) is 1. The average molecular weight is 622 g/mol. The minimum atomic E-state index is -1.16. The van der Waals surface area contributed by atoms with Crippen LogP contribution in [-0.4, -0.2) is 53.5 Å². The van der Waals surface area contributed by atoms with E-state index >= 15 is 4.39 Å². The predicted molar refractivity (Wildman–Crippen MR) is 168 cm³/mol. The number of carbonyl (C=O) groups is 3. The first kappa shape index (κ1) is 31.6. The van der Waals surface area contributed by atoms with Gasteiger partial charge >= 0.3 is 5.97 Å². The Morgan fingerprint density at radius 3 is 2.42 bits per heavy atom. The maximum atomic E-state index is 16.4. The Hall–Kier alpha value is -3.33. The first-order valence-corrected chi connectivity index (χ1v) is 16.8. The highest BCUT2D eigenvalue weighted by atomic mass is 19.1. The van der Waals surface area contributed by atoms with Gasteiger partial charge in [-0.25, -0.2) is 8.78 Å². The fourth-order valence-electron chi connectivity index (χ4n) is 7.98. The van der Waals surface area contributed by atoms with Crippen LogP contribution >= 0.6 is 0 Å². The largest absolute Gasteiger partial charge is 0.481 e. The molecule has 2 bridgehead atoms. The van der Waals surface area contributed by atoms with Gasteiger partial charge in [-0.2, -0.15) is 0 Å². The van der Waals surface area contributed by atoms with Crippen LogP contribution in [0.15, 0.2) is 24.3 Å². The highest BCUT2D eigenvalue weighted by molar-refractivity contribution is 5.89. The summed E-state index contributed by atoms with van der Waals surface area (Å²) in [7, 11) is 0. The standard InChI is InChI=1S/C36H45F2N3O4/c1-22-15-26(37)16-24-7-5-3-2-4-6-8-30(41-21-36(20-31(41)42)11-13-39-14-12-36)35(45)40-29(19-32(43)44)28-18-25(33(22)24)17-27(34(28)38)23-9-10-23/h15-18,23,29-30,39H,2-14,19-21H2,1H3,(H,40,45)(H,43,44)/t29-,30-/m0/s1. The van der Waals surface area contributed by atoms with Gasteiger partial charge in [0.25, 0.3) is 0 Å². The summed E-state index contributed by atoms with van der Waals surface area (Å²) in [4.78, 5) is 41.5. The van der Waals surface area contributed by atoms with Gasteiger partial charge < -0.3 is 20.6 Å². The van der Waals surface area contributed by atoms with Gasteiger partial charge in [0.2, 0.25) is 11.8 Å². The van der Waals surface area contributed by atoms with Crippen LogP contribution in [0.5, 0.6) is 0 Å². The second kappa shape index (κ2) is 13.2. The lowest BCUT2D eigenvalue weighted by Crippen LogP contribution is -2.50. The lowest BCUT2D eigenvalue weighted by Gasteiger charge is -2.35. The Kier molecular flexibility index (Phi) is 9.27. The molecule has 1 saturated carbocycles. The summed E-state index contributed by atoms with van der Waals surface area (Å²) < 4.78 is 31.0. The van der Waals surface area contributed by atoms with E-state index in [2.05, 4.69) is 10.6 Å². The van der Waals surface area contributed by atoms with E-state index in [9.17, 15) is 23.9 Å². The van der Waals surface area contributed by atoms with Gasteiger partial charge in [-0.05, 0) is 128 Å². The summed E-state index contributed by atoms with van der Waals surface area (Å²) >= 11 is 0. The molecule has 2 atom stereocenters. The summed E-state index contributed by atoms with van der Waals surface area (Å²) in [5.74, 6) is -2.40. The molecule has 9 heteroatoms. The van der Waals surface area contributed by atoms with Crippen LogP contribution < -0.4 is 10.6 Å². The molecule has 2 amide bonds. The molecule has 1 aliphatic carbocycles. The quantitative estimate of drug-likeness (QED) is 0.371. The lowest BCUT2D eigenvalue weighted by molar-refractivity contribution is -0.140. The van der Waals surface area contributed by atoms with E-state index in [-0.39, 0.29) is 28.6 Å². The number of piperidine rings is 1. The number of carboxylic acids is 1. The number of halogens is 2. The van der Waals surface area contributed by atoms with Gasteiger partial charge in [0.15, 0.2) is 0 Å². The molecule has 242 valence electrons. The molecule has 2 aromatic carbocycles. The van der Waals surface area contributed by atoms with E-state index in [0.717, 1.165) is 93.1 Å². The molecule has 3 fully saturated rings. The van der Waals surface area contributed by atoms with Crippen LogP contribution in [0.25, 0.3) is 11.1 Å². The zero-order valence-electron chi connectivity index (χ0n) is 26.2. The maximum absolute atomic E-state index is 16.4. The number of nitrogens with one attached hydrogen (secondary N) is 2. The van der Waals surface area contributed by atoms with Crippen LogP contribution in [0.4, 0.5) is 8.78 Å². The van der Waals surface area contributed by atoms with Gasteiger partial charge in [-0.1, -0.05) is 25.7 Å². The van der Waals surface area contributed by atoms with Crippen LogP contribution in [0.3, 0.4) is 0 Å². The van der Waals surface area contributed by atoms with E-state index in [4.69, 9.17) is 0 Å². The lowest BCUT2D eigenvalue weighted by atomic mass is 9.78. The number of aliphatic carboxylic acids is 1. The highest BCUT2D eigenvalue weighted by Gasteiger charge is 2.47. The number of hydrogen-bond donors (Lipinski definition) is 3. The van der Waals surface area contributed by atoms with Crippen molar-refractivity contribution in [2.75, 3.05) is 19.6 Å². The van der Waals surface area contributed by atoms with Crippen molar-refractivity contribution in [1.82, 2.24) is 15.5 Å². The van der Waals surface area contributed by atoms with E-state index < -0.39 is 36.2 Å². The number of fused-ring (bicyclic) bond motifs is 4. The second-order valence-corrected chi connectivity index (χ2v) is 13.9. The fourth-order valence-corrected chi connectivity index (χ4v) is 7.98. The summed E-state index contributed by atoms with van der Waals surface area (Å²) in [5, 5.41) is 16.2. The van der Waals surface area contributed by atoms with Gasteiger partial charge in [-0.15, -0.1) is 0 Å². The minimum Gasteiger partial charge on any atom is -0.481 e. The number of aryl methyl sites for hydroxylation is 2. The third-order valence-corrected chi connectivity index (χ3v) is 10.5. The number of hydrogen-bond acceptors (Lipinski definition) is 4.